The van der Waals surface area contributed by atoms with E-state index in [4.69, 9.17) is 16.3 Å². The Morgan fingerprint density at radius 1 is 1.45 bits per heavy atom. The first-order valence-corrected chi connectivity index (χ1v) is 8.31. The van der Waals surface area contributed by atoms with Crippen molar-refractivity contribution in [3.63, 3.8) is 0 Å². The molecule has 0 heterocycles. The van der Waals surface area contributed by atoms with Gasteiger partial charge in [0.2, 0.25) is 10.0 Å². The highest BCUT2D eigenvalue weighted by atomic mass is 35.5. The molecular weight excluding hydrogens is 302 g/mol. The quantitative estimate of drug-likeness (QED) is 0.840. The Kier molecular flexibility index (Phi) is 4.90. The molecule has 112 valence electrons. The van der Waals surface area contributed by atoms with Gasteiger partial charge in [-0.1, -0.05) is 18.0 Å². The number of hydrogen-bond acceptors (Lipinski definition) is 4. The second-order valence-corrected chi connectivity index (χ2v) is 7.08. The Morgan fingerprint density at radius 2 is 2.15 bits per heavy atom. The molecule has 1 aromatic carbocycles. The van der Waals surface area contributed by atoms with E-state index in [2.05, 4.69) is 4.72 Å². The summed E-state index contributed by atoms with van der Waals surface area (Å²) in [5.41, 5.74) is 0.351. The Hall–Kier alpha value is -0.820. The van der Waals surface area contributed by atoms with Crippen LogP contribution < -0.4 is 9.46 Å². The van der Waals surface area contributed by atoms with Crippen molar-refractivity contribution in [3.05, 3.63) is 22.7 Å². The number of hydrogen-bond donors (Lipinski definition) is 2. The van der Waals surface area contributed by atoms with Gasteiger partial charge in [0.1, 0.15) is 10.6 Å². The Labute approximate surface area is 124 Å². The van der Waals surface area contributed by atoms with Crippen LogP contribution in [0.1, 0.15) is 24.8 Å². The zero-order valence-corrected chi connectivity index (χ0v) is 12.8. The number of benzene rings is 1. The minimum absolute atomic E-state index is 0.0316. The van der Waals surface area contributed by atoms with Gasteiger partial charge in [-0.2, -0.15) is 0 Å². The zero-order valence-electron chi connectivity index (χ0n) is 11.2. The molecular formula is C13H18ClNO4S. The van der Waals surface area contributed by atoms with Gasteiger partial charge < -0.3 is 9.84 Å². The van der Waals surface area contributed by atoms with Crippen LogP contribution in [0.15, 0.2) is 17.0 Å². The van der Waals surface area contributed by atoms with Gasteiger partial charge in [0.05, 0.1) is 13.7 Å². The lowest BCUT2D eigenvalue weighted by molar-refractivity contribution is 0.272. The Balaban J connectivity index is 2.31. The molecule has 0 unspecified atom stereocenters. The molecule has 0 aliphatic heterocycles. The normalized spacial score (nSPS) is 15.9. The summed E-state index contributed by atoms with van der Waals surface area (Å²) in [6, 6.07) is 2.83. The van der Waals surface area contributed by atoms with Crippen LogP contribution in [0.3, 0.4) is 0 Å². The maximum absolute atomic E-state index is 12.3. The maximum atomic E-state index is 12.3. The van der Waals surface area contributed by atoms with Gasteiger partial charge in [-0.3, -0.25) is 0 Å². The summed E-state index contributed by atoms with van der Waals surface area (Å²) in [6.45, 7) is 0.0847. The topological polar surface area (TPSA) is 75.6 Å². The summed E-state index contributed by atoms with van der Waals surface area (Å²) < 4.78 is 32.4. The second kappa shape index (κ2) is 6.30. The third-order valence-electron chi connectivity index (χ3n) is 3.55. The van der Waals surface area contributed by atoms with E-state index >= 15 is 0 Å². The molecule has 0 saturated heterocycles. The van der Waals surface area contributed by atoms with Crippen molar-refractivity contribution in [1.82, 2.24) is 4.72 Å². The lowest BCUT2D eigenvalue weighted by Gasteiger charge is -2.25. The fourth-order valence-corrected chi connectivity index (χ4v) is 3.83. The molecule has 0 atom stereocenters. The van der Waals surface area contributed by atoms with Gasteiger partial charge in [0.25, 0.3) is 0 Å². The predicted molar refractivity (Wildman–Crippen MR) is 76.5 cm³/mol. The summed E-state index contributed by atoms with van der Waals surface area (Å²) in [5, 5.41) is 9.52. The molecule has 0 aromatic heterocycles. The number of aliphatic hydroxyl groups excluding tert-OH is 1. The molecule has 2 rings (SSSR count). The summed E-state index contributed by atoms with van der Waals surface area (Å²) in [7, 11) is -2.33. The molecule has 1 saturated carbocycles. The molecule has 1 aliphatic rings. The number of nitrogens with one attached hydrogen (secondary N) is 1. The van der Waals surface area contributed by atoms with Crippen molar-refractivity contribution < 1.29 is 18.3 Å². The van der Waals surface area contributed by atoms with Crippen molar-refractivity contribution in [2.45, 2.75) is 30.8 Å². The van der Waals surface area contributed by atoms with Gasteiger partial charge in [0, 0.05) is 17.1 Å². The van der Waals surface area contributed by atoms with Crippen LogP contribution in [0.25, 0.3) is 0 Å². The summed E-state index contributed by atoms with van der Waals surface area (Å²) in [4.78, 5) is -0.0316. The van der Waals surface area contributed by atoms with Gasteiger partial charge in [0.15, 0.2) is 0 Å². The smallest absolute Gasteiger partial charge is 0.244 e. The first kappa shape index (κ1) is 15.6. The summed E-state index contributed by atoms with van der Waals surface area (Å²) >= 11 is 5.91. The molecule has 1 aliphatic carbocycles. The fraction of sp³-hybridized carbons (Fsp3) is 0.538. The molecule has 0 spiro atoms. The number of methoxy groups -OCH3 is 1. The number of halogens is 1. The molecule has 5 nitrogen and oxygen atoms in total. The van der Waals surface area contributed by atoms with Crippen molar-refractivity contribution in [2.24, 2.45) is 5.92 Å². The average Bonchev–Trinajstić information content (AvgIpc) is 2.35. The molecule has 0 bridgehead atoms. The van der Waals surface area contributed by atoms with Crippen molar-refractivity contribution in [2.75, 3.05) is 13.7 Å². The van der Waals surface area contributed by atoms with Crippen LogP contribution in [0, 0.1) is 5.92 Å². The zero-order chi connectivity index (χ0) is 14.8. The highest BCUT2D eigenvalue weighted by molar-refractivity contribution is 7.89. The van der Waals surface area contributed by atoms with Crippen LogP contribution in [-0.4, -0.2) is 27.2 Å². The number of rotatable bonds is 6. The fourth-order valence-electron chi connectivity index (χ4n) is 2.17. The van der Waals surface area contributed by atoms with Crippen LogP contribution in [-0.2, 0) is 16.6 Å². The van der Waals surface area contributed by atoms with Crippen LogP contribution in [0.4, 0.5) is 0 Å². The monoisotopic (exact) mass is 319 g/mol. The molecule has 7 heteroatoms. The van der Waals surface area contributed by atoms with Crippen molar-refractivity contribution >= 4 is 21.6 Å². The first-order valence-electron chi connectivity index (χ1n) is 6.45. The first-order chi connectivity index (χ1) is 9.47. The Bertz CT molecular complexity index is 584. The molecule has 1 aromatic rings. The standard InChI is InChI=1S/C13H18ClNO4S/c1-19-13-10(8-16)5-11(14)6-12(13)20(17,18)15-7-9-3-2-4-9/h5-6,9,15-16H,2-4,7-8H2,1H3. The highest BCUT2D eigenvalue weighted by Crippen LogP contribution is 2.32. The maximum Gasteiger partial charge on any atom is 0.244 e. The summed E-state index contributed by atoms with van der Waals surface area (Å²) in [6.07, 6.45) is 3.26. The van der Waals surface area contributed by atoms with Crippen molar-refractivity contribution in [3.8, 4) is 5.75 Å². The molecule has 0 radical (unpaired) electrons. The van der Waals surface area contributed by atoms with Gasteiger partial charge in [-0.25, -0.2) is 13.1 Å². The van der Waals surface area contributed by atoms with E-state index in [1.807, 2.05) is 0 Å². The lowest BCUT2D eigenvalue weighted by Crippen LogP contribution is -2.32. The largest absolute Gasteiger partial charge is 0.495 e. The SMILES string of the molecule is COc1c(CO)cc(Cl)cc1S(=O)(=O)NCC1CCC1. The van der Waals surface area contributed by atoms with E-state index in [0.29, 0.717) is 18.0 Å². The van der Waals surface area contributed by atoms with Crippen LogP contribution in [0.2, 0.25) is 5.02 Å². The van der Waals surface area contributed by atoms with E-state index in [9.17, 15) is 13.5 Å². The highest BCUT2D eigenvalue weighted by Gasteiger charge is 2.25. The average molecular weight is 320 g/mol. The van der Waals surface area contributed by atoms with Crippen LogP contribution in [0.5, 0.6) is 5.75 Å². The van der Waals surface area contributed by atoms with E-state index in [0.717, 1.165) is 19.3 Å². The molecule has 1 fully saturated rings. The minimum Gasteiger partial charge on any atom is -0.495 e. The van der Waals surface area contributed by atoms with Crippen LogP contribution >= 0.6 is 11.6 Å². The predicted octanol–water partition coefficient (Wildman–Crippen LogP) is 1.92. The molecule has 0 amide bonds. The number of aliphatic hydroxyl groups is 1. The van der Waals surface area contributed by atoms with E-state index in [1.54, 1.807) is 0 Å². The van der Waals surface area contributed by atoms with Gasteiger partial charge >= 0.3 is 0 Å². The third kappa shape index (κ3) is 3.25. The third-order valence-corrected chi connectivity index (χ3v) is 5.19. The molecule has 2 N–H and O–H groups in total. The van der Waals surface area contributed by atoms with Crippen molar-refractivity contribution in [1.29, 1.82) is 0 Å². The van der Waals surface area contributed by atoms with Gasteiger partial charge in [-0.15, -0.1) is 0 Å². The Morgan fingerprint density at radius 3 is 2.65 bits per heavy atom. The minimum atomic E-state index is -3.70. The van der Waals surface area contributed by atoms with E-state index in [1.165, 1.54) is 19.2 Å². The molecule has 20 heavy (non-hydrogen) atoms. The number of sulfonamides is 1. The van der Waals surface area contributed by atoms with E-state index < -0.39 is 10.0 Å². The second-order valence-electron chi connectivity index (χ2n) is 4.90. The van der Waals surface area contributed by atoms with E-state index in [-0.39, 0.29) is 22.3 Å². The lowest BCUT2D eigenvalue weighted by atomic mass is 9.86. The summed E-state index contributed by atoms with van der Waals surface area (Å²) in [5.74, 6) is 0.547. The van der Waals surface area contributed by atoms with Gasteiger partial charge in [-0.05, 0) is 30.9 Å². The number of ether oxygens (including phenoxy) is 1.